The number of carbonyl (C=O) groups is 1. The molecule has 0 unspecified atom stereocenters. The van der Waals surface area contributed by atoms with E-state index >= 15 is 0 Å². The van der Waals surface area contributed by atoms with Crippen LogP contribution in [0.3, 0.4) is 0 Å². The molecule has 0 aliphatic rings. The van der Waals surface area contributed by atoms with Gasteiger partial charge in [0.25, 0.3) is 5.91 Å². The molecule has 1 amide bonds. The van der Waals surface area contributed by atoms with Gasteiger partial charge in [0.1, 0.15) is 5.75 Å². The van der Waals surface area contributed by atoms with Crippen molar-refractivity contribution in [3.8, 4) is 5.75 Å². The zero-order chi connectivity index (χ0) is 17.4. The van der Waals surface area contributed by atoms with Crippen LogP contribution in [0, 0.1) is 6.92 Å². The van der Waals surface area contributed by atoms with E-state index in [1.807, 2.05) is 74.5 Å². The number of nitrogens with one attached hydrogen (secondary N) is 1. The van der Waals surface area contributed by atoms with Crippen LogP contribution in [-0.2, 0) is 4.79 Å². The second-order valence-corrected chi connectivity index (χ2v) is 6.11. The first-order valence-corrected chi connectivity index (χ1v) is 8.29. The van der Waals surface area contributed by atoms with E-state index in [1.54, 1.807) is 0 Å². The van der Waals surface area contributed by atoms with Crippen molar-refractivity contribution in [1.82, 2.24) is 5.43 Å². The van der Waals surface area contributed by atoms with Gasteiger partial charge in [-0.25, -0.2) is 5.43 Å². The highest BCUT2D eigenvalue weighted by molar-refractivity contribution is 9.10. The van der Waals surface area contributed by atoms with Crippen LogP contribution in [0.1, 0.15) is 18.1 Å². The molecule has 0 radical (unpaired) electrons. The van der Waals surface area contributed by atoms with Crippen LogP contribution in [0.5, 0.6) is 5.75 Å². The lowest BCUT2D eigenvalue weighted by Gasteiger charge is -2.07. The Morgan fingerprint density at radius 1 is 1.25 bits per heavy atom. The maximum absolute atomic E-state index is 11.8. The third-order valence-corrected chi connectivity index (χ3v) is 3.74. The minimum Gasteiger partial charge on any atom is -0.483 e. The van der Waals surface area contributed by atoms with E-state index in [1.165, 1.54) is 0 Å². The fourth-order valence-electron chi connectivity index (χ4n) is 1.87. The van der Waals surface area contributed by atoms with E-state index in [2.05, 4.69) is 26.5 Å². The zero-order valence-corrected chi connectivity index (χ0v) is 15.2. The lowest BCUT2D eigenvalue weighted by molar-refractivity contribution is -0.123. The molecule has 4 nitrogen and oxygen atoms in total. The Kier molecular flexibility index (Phi) is 6.75. The van der Waals surface area contributed by atoms with Gasteiger partial charge in [0.15, 0.2) is 6.61 Å². The number of ether oxygens (including phenoxy) is 1. The Hall–Kier alpha value is -2.40. The van der Waals surface area contributed by atoms with Gasteiger partial charge >= 0.3 is 0 Å². The lowest BCUT2D eigenvalue weighted by atomic mass is 10.2. The number of halogens is 1. The molecule has 0 saturated heterocycles. The molecule has 0 aliphatic carbocycles. The first-order chi connectivity index (χ1) is 11.5. The molecule has 124 valence electrons. The highest BCUT2D eigenvalue weighted by Gasteiger charge is 2.05. The number of nitrogens with zero attached hydrogens (tertiary/aromatic N) is 1. The predicted molar refractivity (Wildman–Crippen MR) is 101 cm³/mol. The number of aryl methyl sites for hydroxylation is 1. The van der Waals surface area contributed by atoms with Crippen molar-refractivity contribution in [2.45, 2.75) is 13.8 Å². The Balaban J connectivity index is 1.82. The topological polar surface area (TPSA) is 50.7 Å². The zero-order valence-electron chi connectivity index (χ0n) is 13.6. The van der Waals surface area contributed by atoms with Crippen molar-refractivity contribution in [2.75, 3.05) is 6.61 Å². The summed E-state index contributed by atoms with van der Waals surface area (Å²) in [6.07, 6.45) is 3.78. The molecule has 2 aromatic rings. The average Bonchev–Trinajstić information content (AvgIpc) is 2.58. The molecule has 0 aromatic heterocycles. The van der Waals surface area contributed by atoms with Crippen LogP contribution >= 0.6 is 15.9 Å². The number of allylic oxidation sites excluding steroid dienone is 1. The van der Waals surface area contributed by atoms with Gasteiger partial charge in [0.2, 0.25) is 0 Å². The smallest absolute Gasteiger partial charge is 0.277 e. The molecule has 24 heavy (non-hydrogen) atoms. The van der Waals surface area contributed by atoms with Crippen molar-refractivity contribution in [1.29, 1.82) is 0 Å². The molecule has 2 aromatic carbocycles. The lowest BCUT2D eigenvalue weighted by Crippen LogP contribution is -2.25. The summed E-state index contributed by atoms with van der Waals surface area (Å²) in [4.78, 5) is 11.8. The summed E-state index contributed by atoms with van der Waals surface area (Å²) in [6, 6.07) is 15.6. The summed E-state index contributed by atoms with van der Waals surface area (Å²) in [5.74, 6) is 0.315. The van der Waals surface area contributed by atoms with Crippen molar-refractivity contribution in [2.24, 2.45) is 5.10 Å². The average molecular weight is 387 g/mol. The number of carbonyl (C=O) groups excluding carboxylic acids is 1. The Labute approximate surface area is 150 Å². The summed E-state index contributed by atoms with van der Waals surface area (Å²) in [5.41, 5.74) is 5.36. The minimum absolute atomic E-state index is 0.0964. The number of amides is 1. The second kappa shape index (κ2) is 9.03. The van der Waals surface area contributed by atoms with E-state index < -0.39 is 0 Å². The molecule has 0 saturated carbocycles. The summed E-state index contributed by atoms with van der Waals surface area (Å²) in [7, 11) is 0. The molecule has 0 fully saturated rings. The van der Waals surface area contributed by atoms with Crippen molar-refractivity contribution < 1.29 is 9.53 Å². The van der Waals surface area contributed by atoms with E-state index in [9.17, 15) is 4.79 Å². The fourth-order valence-corrected chi connectivity index (χ4v) is 2.47. The van der Waals surface area contributed by atoms with Gasteiger partial charge < -0.3 is 4.74 Å². The van der Waals surface area contributed by atoms with Crippen molar-refractivity contribution >= 4 is 33.6 Å². The molecule has 1 N–H and O–H groups in total. The van der Waals surface area contributed by atoms with Gasteiger partial charge in [0, 0.05) is 0 Å². The van der Waals surface area contributed by atoms with Crippen LogP contribution in [0.15, 0.2) is 64.2 Å². The number of hydrogen-bond donors (Lipinski definition) is 1. The number of hydrazone groups is 1. The Morgan fingerprint density at radius 2 is 2.00 bits per heavy atom. The third kappa shape index (κ3) is 6.01. The highest BCUT2D eigenvalue weighted by atomic mass is 79.9. The molecule has 2 rings (SSSR count). The maximum atomic E-state index is 11.8. The molecule has 5 heteroatoms. The number of benzene rings is 2. The minimum atomic E-state index is -0.310. The molecule has 0 spiro atoms. The van der Waals surface area contributed by atoms with E-state index in [-0.39, 0.29) is 12.5 Å². The standard InChI is InChI=1S/C19H19BrN2O2/c1-14-8-11-18(17(20)12-14)24-13-19(23)22-21-15(2)9-10-16-6-4-3-5-7-16/h3-12H,13H2,1-2H3,(H,22,23)/b10-9+,21-15+. The van der Waals surface area contributed by atoms with Gasteiger partial charge in [-0.05, 0) is 59.1 Å². The van der Waals surface area contributed by atoms with Crippen molar-refractivity contribution in [3.63, 3.8) is 0 Å². The van der Waals surface area contributed by atoms with Crippen molar-refractivity contribution in [3.05, 3.63) is 70.2 Å². The summed E-state index contributed by atoms with van der Waals surface area (Å²) in [6.45, 7) is 3.71. The Bertz CT molecular complexity index is 755. The van der Waals surface area contributed by atoms with Crippen LogP contribution in [-0.4, -0.2) is 18.2 Å². The van der Waals surface area contributed by atoms with E-state index in [4.69, 9.17) is 4.74 Å². The maximum Gasteiger partial charge on any atom is 0.277 e. The van der Waals surface area contributed by atoms with Gasteiger partial charge in [-0.2, -0.15) is 5.10 Å². The monoisotopic (exact) mass is 386 g/mol. The SMILES string of the molecule is CC(/C=C/c1ccccc1)=N\NC(=O)COc1ccc(C)cc1Br. The quantitative estimate of drug-likeness (QED) is 0.592. The molecule has 0 aliphatic heterocycles. The van der Waals surface area contributed by atoms with E-state index in [0.717, 1.165) is 15.6 Å². The Morgan fingerprint density at radius 3 is 2.71 bits per heavy atom. The van der Waals surface area contributed by atoms with Crippen LogP contribution < -0.4 is 10.2 Å². The molecular weight excluding hydrogens is 368 g/mol. The van der Waals surface area contributed by atoms with E-state index in [0.29, 0.717) is 11.5 Å². The number of hydrogen-bond acceptors (Lipinski definition) is 3. The van der Waals surface area contributed by atoms with Gasteiger partial charge in [0.05, 0.1) is 10.2 Å². The number of rotatable bonds is 6. The second-order valence-electron chi connectivity index (χ2n) is 5.25. The molecule has 0 atom stereocenters. The van der Waals surface area contributed by atoms with Crippen LogP contribution in [0.25, 0.3) is 6.08 Å². The predicted octanol–water partition coefficient (Wildman–Crippen LogP) is 4.34. The van der Waals surface area contributed by atoms with Crippen LogP contribution in [0.2, 0.25) is 0 Å². The first-order valence-electron chi connectivity index (χ1n) is 7.50. The fraction of sp³-hybridized carbons (Fsp3) is 0.158. The molecule has 0 heterocycles. The van der Waals surface area contributed by atoms with Gasteiger partial charge in [-0.1, -0.05) is 42.5 Å². The summed E-state index contributed by atoms with van der Waals surface area (Å²) in [5, 5.41) is 4.03. The van der Waals surface area contributed by atoms with Crippen LogP contribution in [0.4, 0.5) is 0 Å². The molecule has 0 bridgehead atoms. The normalized spacial score (nSPS) is 11.5. The largest absolute Gasteiger partial charge is 0.483 e. The highest BCUT2D eigenvalue weighted by Crippen LogP contribution is 2.25. The first kappa shape index (κ1) is 17.9. The third-order valence-electron chi connectivity index (χ3n) is 3.12. The summed E-state index contributed by atoms with van der Waals surface area (Å²) >= 11 is 3.41. The van der Waals surface area contributed by atoms with Gasteiger partial charge in [-0.15, -0.1) is 0 Å². The summed E-state index contributed by atoms with van der Waals surface area (Å²) < 4.78 is 6.29. The van der Waals surface area contributed by atoms with Gasteiger partial charge in [-0.3, -0.25) is 4.79 Å². The molecular formula is C19H19BrN2O2.